The second kappa shape index (κ2) is 5.37. The summed E-state index contributed by atoms with van der Waals surface area (Å²) < 4.78 is 4.66. The van der Waals surface area contributed by atoms with Crippen molar-refractivity contribution in [2.24, 2.45) is 0 Å². The Bertz CT molecular complexity index is 1270. The first-order valence-electron chi connectivity index (χ1n) is 7.79. The third-order valence-electron chi connectivity index (χ3n) is 4.38. The second-order valence-electron chi connectivity index (χ2n) is 5.88. The number of thiophene rings is 2. The van der Waals surface area contributed by atoms with Gasteiger partial charge in [0.15, 0.2) is 0 Å². The highest BCUT2D eigenvalue weighted by atomic mass is 32.1. The summed E-state index contributed by atoms with van der Waals surface area (Å²) in [4.78, 5) is 10.7. The van der Waals surface area contributed by atoms with Gasteiger partial charge in [0.05, 0.1) is 14.3 Å². The molecule has 0 bridgehead atoms. The molecular formula is C20H11NO2S2. The standard InChI is InChI=1S/C20H11NO2S2/c22-21(23)14-7-9-16-18(11-14)25-19-15-8-6-13(10-17(15)24-20(16)19)12-4-2-1-3-5-12/h1-11H. The lowest BCUT2D eigenvalue weighted by molar-refractivity contribution is -0.384. The lowest BCUT2D eigenvalue weighted by Gasteiger charge is -2.01. The molecule has 0 spiro atoms. The summed E-state index contributed by atoms with van der Waals surface area (Å²) in [6, 6.07) is 22.0. The van der Waals surface area contributed by atoms with Gasteiger partial charge < -0.3 is 0 Å². The Morgan fingerprint density at radius 2 is 1.36 bits per heavy atom. The molecule has 0 saturated heterocycles. The van der Waals surface area contributed by atoms with E-state index in [9.17, 15) is 10.1 Å². The van der Waals surface area contributed by atoms with E-state index in [1.54, 1.807) is 34.8 Å². The van der Waals surface area contributed by atoms with E-state index in [0.717, 1.165) is 10.1 Å². The molecule has 0 amide bonds. The number of rotatable bonds is 2. The summed E-state index contributed by atoms with van der Waals surface area (Å²) in [5.41, 5.74) is 2.57. The van der Waals surface area contributed by atoms with Crippen molar-refractivity contribution < 1.29 is 4.92 Å². The number of non-ortho nitro benzene ring substituents is 1. The summed E-state index contributed by atoms with van der Waals surface area (Å²) in [5.74, 6) is 0. The molecule has 0 aliphatic heterocycles. The molecule has 0 fully saturated rings. The number of hydrogen-bond donors (Lipinski definition) is 0. The van der Waals surface area contributed by atoms with Crippen molar-refractivity contribution in [2.45, 2.75) is 0 Å². The van der Waals surface area contributed by atoms with E-state index in [1.807, 2.05) is 24.3 Å². The van der Waals surface area contributed by atoms with E-state index < -0.39 is 0 Å². The molecule has 0 unspecified atom stereocenters. The van der Waals surface area contributed by atoms with Crippen LogP contribution in [-0.4, -0.2) is 4.92 Å². The zero-order chi connectivity index (χ0) is 17.0. The SMILES string of the molecule is O=[N+]([O-])c1ccc2c(c1)sc1c3ccc(-c4ccccc4)cc3sc21. The molecule has 25 heavy (non-hydrogen) atoms. The van der Waals surface area contributed by atoms with Gasteiger partial charge >= 0.3 is 0 Å². The van der Waals surface area contributed by atoms with Crippen molar-refractivity contribution in [1.82, 2.24) is 0 Å². The van der Waals surface area contributed by atoms with E-state index >= 15 is 0 Å². The maximum atomic E-state index is 11.0. The molecule has 0 saturated carbocycles. The summed E-state index contributed by atoms with van der Waals surface area (Å²) in [6.45, 7) is 0. The molecule has 2 heterocycles. The monoisotopic (exact) mass is 361 g/mol. The van der Waals surface area contributed by atoms with Gasteiger partial charge in [-0.25, -0.2) is 0 Å². The molecule has 0 N–H and O–H groups in total. The predicted molar refractivity (Wildman–Crippen MR) is 107 cm³/mol. The second-order valence-corrected chi connectivity index (χ2v) is 7.98. The highest BCUT2D eigenvalue weighted by Crippen LogP contribution is 2.45. The number of nitrogens with zero attached hydrogens (tertiary/aromatic N) is 1. The van der Waals surface area contributed by atoms with E-state index in [4.69, 9.17) is 0 Å². The number of hydrogen-bond acceptors (Lipinski definition) is 4. The normalized spacial score (nSPS) is 11.5. The molecule has 120 valence electrons. The van der Waals surface area contributed by atoms with Crippen LogP contribution in [0.5, 0.6) is 0 Å². The van der Waals surface area contributed by atoms with Crippen LogP contribution in [-0.2, 0) is 0 Å². The van der Waals surface area contributed by atoms with Crippen LogP contribution >= 0.6 is 22.7 Å². The number of nitro groups is 1. The predicted octanol–water partition coefficient (Wildman–Crippen LogP) is 6.84. The highest BCUT2D eigenvalue weighted by Gasteiger charge is 2.15. The van der Waals surface area contributed by atoms with Crippen molar-refractivity contribution in [1.29, 1.82) is 0 Å². The maximum Gasteiger partial charge on any atom is 0.270 e. The minimum absolute atomic E-state index is 0.150. The molecule has 2 aromatic heterocycles. The van der Waals surface area contributed by atoms with Crippen LogP contribution in [0.15, 0.2) is 66.7 Å². The lowest BCUT2D eigenvalue weighted by Crippen LogP contribution is -1.85. The van der Waals surface area contributed by atoms with Gasteiger partial charge in [0.25, 0.3) is 5.69 Å². The van der Waals surface area contributed by atoms with Crippen LogP contribution in [0.4, 0.5) is 5.69 Å². The molecule has 5 rings (SSSR count). The number of fused-ring (bicyclic) bond motifs is 5. The van der Waals surface area contributed by atoms with Crippen LogP contribution in [0.3, 0.4) is 0 Å². The van der Waals surface area contributed by atoms with E-state index in [-0.39, 0.29) is 10.6 Å². The fourth-order valence-electron chi connectivity index (χ4n) is 3.17. The minimum Gasteiger partial charge on any atom is -0.258 e. The van der Waals surface area contributed by atoms with Crippen LogP contribution in [0, 0.1) is 10.1 Å². The topological polar surface area (TPSA) is 43.1 Å². The third-order valence-corrected chi connectivity index (χ3v) is 6.89. The Morgan fingerprint density at radius 3 is 2.04 bits per heavy atom. The lowest BCUT2D eigenvalue weighted by atomic mass is 10.1. The Balaban J connectivity index is 1.75. The molecule has 0 radical (unpaired) electrons. The van der Waals surface area contributed by atoms with Crippen LogP contribution < -0.4 is 0 Å². The quantitative estimate of drug-likeness (QED) is 0.255. The van der Waals surface area contributed by atoms with Gasteiger partial charge in [-0.2, -0.15) is 0 Å². The molecule has 0 atom stereocenters. The van der Waals surface area contributed by atoms with Crippen molar-refractivity contribution in [3.05, 3.63) is 76.8 Å². The highest BCUT2D eigenvalue weighted by molar-refractivity contribution is 7.36. The largest absolute Gasteiger partial charge is 0.270 e. The molecule has 5 heteroatoms. The van der Waals surface area contributed by atoms with Gasteiger partial charge in [0, 0.05) is 32.3 Å². The third kappa shape index (κ3) is 2.24. The Kier molecular flexibility index (Phi) is 3.13. The molecule has 3 aromatic carbocycles. The Labute approximate surface area is 150 Å². The molecule has 5 aromatic rings. The van der Waals surface area contributed by atoms with E-state index in [1.165, 1.54) is 30.6 Å². The molecule has 0 aliphatic carbocycles. The van der Waals surface area contributed by atoms with Crippen molar-refractivity contribution in [3.63, 3.8) is 0 Å². The Hall–Kier alpha value is -2.76. The van der Waals surface area contributed by atoms with Crippen LogP contribution in [0.25, 0.3) is 40.7 Å². The molecule has 3 nitrogen and oxygen atoms in total. The van der Waals surface area contributed by atoms with Crippen LogP contribution in [0.1, 0.15) is 0 Å². The maximum absolute atomic E-state index is 11.0. The van der Waals surface area contributed by atoms with Gasteiger partial charge in [-0.3, -0.25) is 10.1 Å². The summed E-state index contributed by atoms with van der Waals surface area (Å²) >= 11 is 3.40. The zero-order valence-electron chi connectivity index (χ0n) is 12.9. The average Bonchev–Trinajstić information content (AvgIpc) is 3.17. The van der Waals surface area contributed by atoms with Gasteiger partial charge in [0.2, 0.25) is 0 Å². The smallest absolute Gasteiger partial charge is 0.258 e. The van der Waals surface area contributed by atoms with Crippen molar-refractivity contribution in [3.8, 4) is 11.1 Å². The number of nitro benzene ring substituents is 1. The Morgan fingerprint density at radius 1 is 0.720 bits per heavy atom. The van der Waals surface area contributed by atoms with Crippen molar-refractivity contribution >= 4 is 57.9 Å². The fourth-order valence-corrected chi connectivity index (χ4v) is 5.89. The first-order valence-corrected chi connectivity index (χ1v) is 9.42. The van der Waals surface area contributed by atoms with Crippen LogP contribution in [0.2, 0.25) is 0 Å². The average molecular weight is 361 g/mol. The van der Waals surface area contributed by atoms with Gasteiger partial charge in [0.1, 0.15) is 0 Å². The summed E-state index contributed by atoms with van der Waals surface area (Å²) in [7, 11) is 0. The van der Waals surface area contributed by atoms with Crippen molar-refractivity contribution in [2.75, 3.05) is 0 Å². The van der Waals surface area contributed by atoms with Gasteiger partial charge in [-0.15, -0.1) is 22.7 Å². The minimum atomic E-state index is -0.336. The van der Waals surface area contributed by atoms with E-state index in [0.29, 0.717) is 0 Å². The zero-order valence-corrected chi connectivity index (χ0v) is 14.6. The number of benzene rings is 3. The first kappa shape index (κ1) is 14.6. The fraction of sp³-hybridized carbons (Fsp3) is 0. The molecular weight excluding hydrogens is 350 g/mol. The summed E-state index contributed by atoms with van der Waals surface area (Å²) in [5, 5.41) is 13.3. The summed E-state index contributed by atoms with van der Waals surface area (Å²) in [6.07, 6.45) is 0. The van der Waals surface area contributed by atoms with E-state index in [2.05, 4.69) is 30.3 Å². The molecule has 0 aliphatic rings. The first-order chi connectivity index (χ1) is 12.2. The van der Waals surface area contributed by atoms with Gasteiger partial charge in [-0.1, -0.05) is 42.5 Å². The van der Waals surface area contributed by atoms with Gasteiger partial charge in [-0.05, 0) is 23.3 Å².